The number of thioether (sulfide) groups is 1. The molecular formula is C16H19N5O3S. The van der Waals surface area contributed by atoms with E-state index in [0.717, 1.165) is 0 Å². The van der Waals surface area contributed by atoms with Gasteiger partial charge in [-0.25, -0.2) is 9.97 Å². The van der Waals surface area contributed by atoms with Gasteiger partial charge in [0.25, 0.3) is 11.1 Å². The summed E-state index contributed by atoms with van der Waals surface area (Å²) in [7, 11) is 0. The van der Waals surface area contributed by atoms with E-state index >= 15 is 0 Å². The van der Waals surface area contributed by atoms with Crippen LogP contribution in [0.25, 0.3) is 0 Å². The van der Waals surface area contributed by atoms with Crippen LogP contribution >= 0.6 is 11.8 Å². The molecule has 9 heteroatoms. The monoisotopic (exact) mass is 361 g/mol. The van der Waals surface area contributed by atoms with E-state index in [2.05, 4.69) is 15.3 Å². The molecule has 0 saturated carbocycles. The molecule has 0 fully saturated rings. The lowest BCUT2D eigenvalue weighted by Crippen LogP contribution is -2.34. The summed E-state index contributed by atoms with van der Waals surface area (Å²) >= 11 is 1.49. The van der Waals surface area contributed by atoms with Crippen molar-refractivity contribution in [2.45, 2.75) is 38.0 Å². The van der Waals surface area contributed by atoms with Crippen LogP contribution in [0.1, 0.15) is 23.7 Å². The number of carbonyl (C=O) groups excluding carboxylic acids is 1. The van der Waals surface area contributed by atoms with Crippen LogP contribution in [-0.4, -0.2) is 37.3 Å². The van der Waals surface area contributed by atoms with Crippen LogP contribution in [0.2, 0.25) is 0 Å². The van der Waals surface area contributed by atoms with E-state index < -0.39 is 0 Å². The molecule has 2 aromatic heterocycles. The lowest BCUT2D eigenvalue weighted by molar-refractivity contribution is -0.121. The van der Waals surface area contributed by atoms with Crippen molar-refractivity contribution < 1.29 is 4.79 Å². The van der Waals surface area contributed by atoms with E-state index in [9.17, 15) is 14.4 Å². The second-order valence-electron chi connectivity index (χ2n) is 5.98. The molecule has 0 saturated heterocycles. The van der Waals surface area contributed by atoms with Gasteiger partial charge in [-0.05, 0) is 13.8 Å². The van der Waals surface area contributed by atoms with Crippen LogP contribution in [0.15, 0.2) is 33.3 Å². The Kier molecular flexibility index (Phi) is 5.03. The molecule has 2 aromatic rings. The highest BCUT2D eigenvalue weighted by Crippen LogP contribution is 2.31. The van der Waals surface area contributed by atoms with E-state index in [1.165, 1.54) is 34.9 Å². The van der Waals surface area contributed by atoms with Gasteiger partial charge in [0.15, 0.2) is 5.16 Å². The molecule has 1 aliphatic rings. The van der Waals surface area contributed by atoms with Crippen LogP contribution in [0, 0.1) is 13.8 Å². The average molecular weight is 361 g/mol. The highest BCUT2D eigenvalue weighted by Gasteiger charge is 2.27. The largest absolute Gasteiger partial charge is 0.354 e. The van der Waals surface area contributed by atoms with Gasteiger partial charge in [0.1, 0.15) is 0 Å². The van der Waals surface area contributed by atoms with Crippen molar-refractivity contribution in [3.63, 3.8) is 0 Å². The maximum atomic E-state index is 12.2. The molecule has 132 valence electrons. The predicted molar refractivity (Wildman–Crippen MR) is 93.9 cm³/mol. The van der Waals surface area contributed by atoms with Gasteiger partial charge in [-0.2, -0.15) is 0 Å². The van der Waals surface area contributed by atoms with Gasteiger partial charge in [0.05, 0.1) is 12.4 Å². The molecule has 25 heavy (non-hydrogen) atoms. The summed E-state index contributed by atoms with van der Waals surface area (Å²) in [6.45, 7) is 4.17. The van der Waals surface area contributed by atoms with E-state index in [1.807, 2.05) is 0 Å². The highest BCUT2D eigenvalue weighted by molar-refractivity contribution is 7.99. The molecular weight excluding hydrogens is 342 g/mol. The van der Waals surface area contributed by atoms with Crippen LogP contribution in [0.3, 0.4) is 0 Å². The van der Waals surface area contributed by atoms with Gasteiger partial charge in [0, 0.05) is 48.8 Å². The number of aromatic nitrogens is 4. The van der Waals surface area contributed by atoms with Crippen molar-refractivity contribution >= 4 is 17.7 Å². The number of nitrogens with zero attached hydrogens (tertiary/aromatic N) is 4. The molecule has 0 spiro atoms. The summed E-state index contributed by atoms with van der Waals surface area (Å²) in [6, 6.07) is 1.29. The number of carbonyl (C=O) groups is 1. The Hall–Kier alpha value is -2.42. The minimum absolute atomic E-state index is 0.113. The maximum Gasteiger partial charge on any atom is 0.256 e. The summed E-state index contributed by atoms with van der Waals surface area (Å²) in [5.74, 6) is 0.500. The second-order valence-corrected chi connectivity index (χ2v) is 6.97. The number of hydrogen-bond donors (Lipinski definition) is 1. The Morgan fingerprint density at radius 2 is 2.20 bits per heavy atom. The first kappa shape index (κ1) is 17.4. The molecule has 1 atom stereocenters. The fourth-order valence-corrected chi connectivity index (χ4v) is 3.93. The summed E-state index contributed by atoms with van der Waals surface area (Å²) in [5.41, 5.74) is 1.02. The number of fused-ring (bicyclic) bond motifs is 1. The Labute approximate surface area is 148 Å². The third kappa shape index (κ3) is 3.81. The first-order valence-electron chi connectivity index (χ1n) is 7.96. The molecule has 0 radical (unpaired) electrons. The van der Waals surface area contributed by atoms with Gasteiger partial charge in [-0.3, -0.25) is 23.5 Å². The smallest absolute Gasteiger partial charge is 0.256 e. The average Bonchev–Trinajstić information content (AvgIpc) is 2.94. The van der Waals surface area contributed by atoms with E-state index in [-0.39, 0.29) is 29.5 Å². The standard InChI is InChI=1S/C16H19N5O3S/c1-10-7-17-9-20(15(10)24)4-3-18-13(22)6-12-8-25-16-19-11(2)5-14(23)21(12)16/h5,7,9,12H,3-4,6,8H2,1-2H3,(H,18,22). The van der Waals surface area contributed by atoms with E-state index in [1.54, 1.807) is 18.4 Å². The molecule has 1 amide bonds. The third-order valence-corrected chi connectivity index (χ3v) is 5.08. The van der Waals surface area contributed by atoms with Gasteiger partial charge in [-0.1, -0.05) is 11.8 Å². The molecule has 0 aromatic carbocycles. The predicted octanol–water partition coefficient (Wildman–Crippen LogP) is 0.270. The minimum atomic E-state index is -0.191. The normalized spacial score (nSPS) is 15.8. The first-order valence-corrected chi connectivity index (χ1v) is 8.95. The van der Waals surface area contributed by atoms with Crippen LogP contribution in [0.5, 0.6) is 0 Å². The molecule has 0 bridgehead atoms. The van der Waals surface area contributed by atoms with Gasteiger partial charge >= 0.3 is 0 Å². The summed E-state index contributed by atoms with van der Waals surface area (Å²) in [4.78, 5) is 44.5. The topological polar surface area (TPSA) is 98.9 Å². The Balaban J connectivity index is 1.57. The van der Waals surface area contributed by atoms with Crippen molar-refractivity contribution in [1.29, 1.82) is 0 Å². The summed E-state index contributed by atoms with van der Waals surface area (Å²) in [6.07, 6.45) is 3.19. The second kappa shape index (κ2) is 7.22. The zero-order chi connectivity index (χ0) is 18.0. The molecule has 3 heterocycles. The quantitative estimate of drug-likeness (QED) is 0.768. The van der Waals surface area contributed by atoms with E-state index in [0.29, 0.717) is 35.3 Å². The van der Waals surface area contributed by atoms with Gasteiger partial charge in [0.2, 0.25) is 5.91 Å². The molecule has 8 nitrogen and oxygen atoms in total. The van der Waals surface area contributed by atoms with Crippen molar-refractivity contribution in [3.8, 4) is 0 Å². The fraction of sp³-hybridized carbons (Fsp3) is 0.438. The Bertz CT molecular complexity index is 921. The number of aryl methyl sites for hydroxylation is 2. The zero-order valence-electron chi connectivity index (χ0n) is 14.1. The van der Waals surface area contributed by atoms with E-state index in [4.69, 9.17) is 0 Å². The van der Waals surface area contributed by atoms with Crippen LogP contribution in [0.4, 0.5) is 0 Å². The summed E-state index contributed by atoms with van der Waals surface area (Å²) in [5, 5.41) is 3.46. The highest BCUT2D eigenvalue weighted by atomic mass is 32.2. The summed E-state index contributed by atoms with van der Waals surface area (Å²) < 4.78 is 3.06. The van der Waals surface area contributed by atoms with Crippen molar-refractivity contribution in [3.05, 3.63) is 50.6 Å². The number of rotatable bonds is 5. The van der Waals surface area contributed by atoms with Crippen LogP contribution in [-0.2, 0) is 11.3 Å². The third-order valence-electron chi connectivity index (χ3n) is 3.99. The lowest BCUT2D eigenvalue weighted by Gasteiger charge is -2.13. The minimum Gasteiger partial charge on any atom is -0.354 e. The van der Waals surface area contributed by atoms with Gasteiger partial charge in [-0.15, -0.1) is 0 Å². The SMILES string of the molecule is Cc1cc(=O)n2c(n1)SCC2CC(=O)NCCn1cncc(C)c1=O. The lowest BCUT2D eigenvalue weighted by atomic mass is 10.2. The van der Waals surface area contributed by atoms with Crippen LogP contribution < -0.4 is 16.4 Å². The molecule has 3 rings (SSSR count). The molecule has 0 aliphatic carbocycles. The molecule has 1 unspecified atom stereocenters. The van der Waals surface area contributed by atoms with Gasteiger partial charge < -0.3 is 5.32 Å². The fourth-order valence-electron chi connectivity index (χ4n) is 2.73. The van der Waals surface area contributed by atoms with Crippen molar-refractivity contribution in [2.75, 3.05) is 12.3 Å². The first-order chi connectivity index (χ1) is 12.0. The molecule has 1 N–H and O–H groups in total. The number of nitrogens with one attached hydrogen (secondary N) is 1. The Morgan fingerprint density at radius 1 is 1.40 bits per heavy atom. The number of hydrogen-bond acceptors (Lipinski definition) is 6. The van der Waals surface area contributed by atoms with Crippen molar-refractivity contribution in [2.24, 2.45) is 0 Å². The molecule has 1 aliphatic heterocycles. The van der Waals surface area contributed by atoms with Crippen molar-refractivity contribution in [1.82, 2.24) is 24.4 Å². The maximum absolute atomic E-state index is 12.2. The number of amides is 1. The zero-order valence-corrected chi connectivity index (χ0v) is 14.9. The Morgan fingerprint density at radius 3 is 3.00 bits per heavy atom.